The maximum Gasteiger partial charge on any atom is 0.220 e. The molecule has 2 N–H and O–H groups in total. The Bertz CT molecular complexity index is 347. The predicted molar refractivity (Wildman–Crippen MR) is 74.6 cm³/mol. The number of nitrogens with zero attached hydrogens (tertiary/aromatic N) is 1. The number of aromatic amines is 1. The van der Waals surface area contributed by atoms with Gasteiger partial charge < -0.3 is 10.3 Å². The predicted octanol–water partition coefficient (Wildman–Crippen LogP) is 1.99. The van der Waals surface area contributed by atoms with Gasteiger partial charge in [-0.2, -0.15) is 11.8 Å². The Morgan fingerprint density at radius 3 is 3.06 bits per heavy atom. The highest BCUT2D eigenvalue weighted by molar-refractivity contribution is 7.99. The molecule has 0 bridgehead atoms. The fourth-order valence-corrected chi connectivity index (χ4v) is 3.41. The molecule has 1 aromatic rings. The molecular formula is C13H21N3OS. The van der Waals surface area contributed by atoms with Crippen LogP contribution in [0.3, 0.4) is 0 Å². The third kappa shape index (κ3) is 4.72. The number of rotatable bonds is 6. The SMILES string of the molecule is O=C(CC1CCSCC1)NCCCc1ncc[nH]1. The molecule has 0 atom stereocenters. The molecule has 1 amide bonds. The Balaban J connectivity index is 1.54. The van der Waals surface area contributed by atoms with Crippen molar-refractivity contribution in [2.24, 2.45) is 5.92 Å². The number of aromatic nitrogens is 2. The number of nitrogens with one attached hydrogen (secondary N) is 2. The van der Waals surface area contributed by atoms with Crippen LogP contribution in [0.2, 0.25) is 0 Å². The first kappa shape index (κ1) is 13.5. The Morgan fingerprint density at radius 1 is 1.50 bits per heavy atom. The summed E-state index contributed by atoms with van der Waals surface area (Å²) in [7, 11) is 0. The Morgan fingerprint density at radius 2 is 2.33 bits per heavy atom. The van der Waals surface area contributed by atoms with E-state index in [0.717, 1.165) is 25.2 Å². The summed E-state index contributed by atoms with van der Waals surface area (Å²) < 4.78 is 0. The second-order valence-corrected chi connectivity index (χ2v) is 5.97. The third-order valence-electron chi connectivity index (χ3n) is 3.28. The van der Waals surface area contributed by atoms with Crippen LogP contribution in [0.4, 0.5) is 0 Å². The standard InChI is InChI=1S/C13H21N3OS/c17-13(10-11-3-8-18-9-4-11)16-5-1-2-12-14-6-7-15-12/h6-7,11H,1-5,8-10H2,(H,14,15)(H,16,17). The number of hydrogen-bond acceptors (Lipinski definition) is 3. The van der Waals surface area contributed by atoms with Crippen molar-refractivity contribution in [1.29, 1.82) is 0 Å². The number of thioether (sulfide) groups is 1. The molecule has 0 saturated carbocycles. The first-order valence-corrected chi connectivity index (χ1v) is 7.83. The third-order valence-corrected chi connectivity index (χ3v) is 4.33. The summed E-state index contributed by atoms with van der Waals surface area (Å²) in [5.41, 5.74) is 0. The number of carbonyl (C=O) groups excluding carboxylic acids is 1. The van der Waals surface area contributed by atoms with E-state index in [-0.39, 0.29) is 5.91 Å². The monoisotopic (exact) mass is 267 g/mol. The first-order chi connectivity index (χ1) is 8.84. The van der Waals surface area contributed by atoms with Crippen LogP contribution < -0.4 is 5.32 Å². The lowest BCUT2D eigenvalue weighted by atomic mass is 9.98. The van der Waals surface area contributed by atoms with Gasteiger partial charge >= 0.3 is 0 Å². The molecule has 18 heavy (non-hydrogen) atoms. The highest BCUT2D eigenvalue weighted by Gasteiger charge is 2.16. The second kappa shape index (κ2) is 7.46. The van der Waals surface area contributed by atoms with Crippen molar-refractivity contribution in [3.05, 3.63) is 18.2 Å². The zero-order valence-corrected chi connectivity index (χ0v) is 11.5. The molecule has 1 aliphatic rings. The van der Waals surface area contributed by atoms with E-state index < -0.39 is 0 Å². The van der Waals surface area contributed by atoms with Crippen molar-refractivity contribution in [3.63, 3.8) is 0 Å². The highest BCUT2D eigenvalue weighted by Crippen LogP contribution is 2.24. The molecule has 1 aliphatic heterocycles. The van der Waals surface area contributed by atoms with Crippen LogP contribution in [0.15, 0.2) is 12.4 Å². The highest BCUT2D eigenvalue weighted by atomic mass is 32.2. The lowest BCUT2D eigenvalue weighted by molar-refractivity contribution is -0.122. The molecule has 0 unspecified atom stereocenters. The van der Waals surface area contributed by atoms with E-state index in [1.54, 1.807) is 6.20 Å². The number of carbonyl (C=O) groups is 1. The Kier molecular flexibility index (Phi) is 5.58. The van der Waals surface area contributed by atoms with Gasteiger partial charge in [-0.3, -0.25) is 4.79 Å². The molecular weight excluding hydrogens is 246 g/mol. The first-order valence-electron chi connectivity index (χ1n) is 6.67. The van der Waals surface area contributed by atoms with Gasteiger partial charge in [-0.15, -0.1) is 0 Å². The lowest BCUT2D eigenvalue weighted by Crippen LogP contribution is -2.28. The van der Waals surface area contributed by atoms with E-state index in [2.05, 4.69) is 15.3 Å². The van der Waals surface area contributed by atoms with Crippen LogP contribution in [-0.4, -0.2) is 33.9 Å². The second-order valence-electron chi connectivity index (χ2n) is 4.75. The van der Waals surface area contributed by atoms with E-state index in [9.17, 15) is 4.79 Å². The average molecular weight is 267 g/mol. The lowest BCUT2D eigenvalue weighted by Gasteiger charge is -2.20. The fourth-order valence-electron chi connectivity index (χ4n) is 2.20. The molecule has 2 heterocycles. The van der Waals surface area contributed by atoms with Crippen LogP contribution in [-0.2, 0) is 11.2 Å². The molecule has 0 aromatic carbocycles. The van der Waals surface area contributed by atoms with Crippen LogP contribution in [0, 0.1) is 5.92 Å². The average Bonchev–Trinajstić information content (AvgIpc) is 2.89. The smallest absolute Gasteiger partial charge is 0.220 e. The van der Waals surface area contributed by atoms with Gasteiger partial charge in [0.05, 0.1) is 0 Å². The summed E-state index contributed by atoms with van der Waals surface area (Å²) in [5.74, 6) is 4.25. The van der Waals surface area contributed by atoms with Crippen molar-refractivity contribution < 1.29 is 4.79 Å². The molecule has 2 rings (SSSR count). The maximum absolute atomic E-state index is 11.7. The number of aryl methyl sites for hydroxylation is 1. The van der Waals surface area contributed by atoms with Crippen LogP contribution in [0.1, 0.15) is 31.5 Å². The molecule has 0 aliphatic carbocycles. The van der Waals surface area contributed by atoms with Gasteiger partial charge in [0, 0.05) is 31.8 Å². The van der Waals surface area contributed by atoms with Gasteiger partial charge in [0.15, 0.2) is 0 Å². The van der Waals surface area contributed by atoms with E-state index in [1.807, 2.05) is 18.0 Å². The Labute approximate surface area is 112 Å². The van der Waals surface area contributed by atoms with Crippen LogP contribution >= 0.6 is 11.8 Å². The van der Waals surface area contributed by atoms with Gasteiger partial charge in [0.25, 0.3) is 0 Å². The minimum atomic E-state index is 0.214. The number of H-pyrrole nitrogens is 1. The number of imidazole rings is 1. The molecule has 0 spiro atoms. The quantitative estimate of drug-likeness (QED) is 0.775. The molecule has 4 nitrogen and oxygen atoms in total. The number of amides is 1. The fraction of sp³-hybridized carbons (Fsp3) is 0.692. The minimum Gasteiger partial charge on any atom is -0.356 e. The van der Waals surface area contributed by atoms with Gasteiger partial charge in [0.1, 0.15) is 5.82 Å². The largest absolute Gasteiger partial charge is 0.356 e. The van der Waals surface area contributed by atoms with Crippen molar-refractivity contribution >= 4 is 17.7 Å². The topological polar surface area (TPSA) is 57.8 Å². The van der Waals surface area contributed by atoms with Crippen LogP contribution in [0.5, 0.6) is 0 Å². The molecule has 100 valence electrons. The van der Waals surface area contributed by atoms with Gasteiger partial charge in [-0.25, -0.2) is 4.98 Å². The molecule has 0 radical (unpaired) electrons. The van der Waals surface area contributed by atoms with Crippen molar-refractivity contribution in [1.82, 2.24) is 15.3 Å². The normalized spacial score (nSPS) is 16.7. The summed E-state index contributed by atoms with van der Waals surface area (Å²) in [6, 6.07) is 0. The van der Waals surface area contributed by atoms with Crippen LogP contribution in [0.25, 0.3) is 0 Å². The van der Waals surface area contributed by atoms with E-state index >= 15 is 0 Å². The minimum absolute atomic E-state index is 0.214. The zero-order chi connectivity index (χ0) is 12.6. The maximum atomic E-state index is 11.7. The Hall–Kier alpha value is -0.970. The summed E-state index contributed by atoms with van der Waals surface area (Å²) in [6.45, 7) is 0.751. The van der Waals surface area contributed by atoms with Crippen molar-refractivity contribution in [2.75, 3.05) is 18.1 Å². The molecule has 1 saturated heterocycles. The van der Waals surface area contributed by atoms with E-state index in [4.69, 9.17) is 0 Å². The van der Waals surface area contributed by atoms with Gasteiger partial charge in [-0.1, -0.05) is 0 Å². The molecule has 1 fully saturated rings. The van der Waals surface area contributed by atoms with E-state index in [1.165, 1.54) is 24.3 Å². The summed E-state index contributed by atoms with van der Waals surface area (Å²) in [6.07, 6.45) is 8.54. The van der Waals surface area contributed by atoms with Gasteiger partial charge in [0.2, 0.25) is 5.91 Å². The summed E-state index contributed by atoms with van der Waals surface area (Å²) in [5, 5.41) is 3.00. The van der Waals surface area contributed by atoms with Gasteiger partial charge in [-0.05, 0) is 36.7 Å². The van der Waals surface area contributed by atoms with E-state index in [0.29, 0.717) is 12.3 Å². The van der Waals surface area contributed by atoms with Crippen molar-refractivity contribution in [2.45, 2.75) is 32.1 Å². The molecule has 5 heteroatoms. The summed E-state index contributed by atoms with van der Waals surface area (Å²) >= 11 is 2.00. The summed E-state index contributed by atoms with van der Waals surface area (Å²) in [4.78, 5) is 19.0. The molecule has 1 aromatic heterocycles. The van der Waals surface area contributed by atoms with Crippen molar-refractivity contribution in [3.8, 4) is 0 Å². The number of hydrogen-bond donors (Lipinski definition) is 2. The zero-order valence-electron chi connectivity index (χ0n) is 10.7.